The number of nitrogens with zero attached hydrogens (tertiary/aromatic N) is 1. The van der Waals surface area contributed by atoms with Crippen LogP contribution in [0.4, 0.5) is 0 Å². The molecule has 0 atom stereocenters. The first kappa shape index (κ1) is 12.3. The second-order valence-electron chi connectivity index (χ2n) is 4.76. The second kappa shape index (κ2) is 5.48. The molecule has 3 rings (SSSR count). The number of hydrogen-bond acceptors (Lipinski definition) is 5. The number of carbonyl (C=O) groups is 1. The van der Waals surface area contributed by atoms with Gasteiger partial charge in [0.15, 0.2) is 17.8 Å². The molecule has 1 saturated heterocycles. The molecule has 0 saturated carbocycles. The third kappa shape index (κ3) is 2.66. The first-order valence-corrected chi connectivity index (χ1v) is 6.61. The van der Waals surface area contributed by atoms with Crippen molar-refractivity contribution in [2.75, 3.05) is 33.0 Å². The molecule has 0 N–H and O–H groups in total. The highest BCUT2D eigenvalue weighted by molar-refractivity contribution is 5.81. The highest BCUT2D eigenvalue weighted by atomic mass is 16.7. The average molecular weight is 263 g/mol. The Bertz CT molecular complexity index is 469. The molecule has 5 nitrogen and oxygen atoms in total. The van der Waals surface area contributed by atoms with Crippen molar-refractivity contribution in [1.29, 1.82) is 0 Å². The fraction of sp³-hybridized carbons (Fsp3) is 0.500. The van der Waals surface area contributed by atoms with Crippen LogP contribution in [0.15, 0.2) is 12.1 Å². The molecule has 0 bridgehead atoms. The summed E-state index contributed by atoms with van der Waals surface area (Å²) in [5.41, 5.74) is 0.505. The molecular formula is C14H17NO4. The lowest BCUT2D eigenvalue weighted by Crippen LogP contribution is -2.25. The Morgan fingerprint density at radius 2 is 1.95 bits per heavy atom. The van der Waals surface area contributed by atoms with Crippen LogP contribution in [-0.2, 0) is 0 Å². The van der Waals surface area contributed by atoms with Crippen molar-refractivity contribution in [1.82, 2.24) is 4.90 Å². The lowest BCUT2D eigenvalue weighted by Gasteiger charge is -2.15. The summed E-state index contributed by atoms with van der Waals surface area (Å²) in [6.07, 6.45) is 3.32. The van der Waals surface area contributed by atoms with Crippen LogP contribution in [-0.4, -0.2) is 44.2 Å². The predicted molar refractivity (Wildman–Crippen MR) is 69.1 cm³/mol. The highest BCUT2D eigenvalue weighted by Crippen LogP contribution is 2.37. The Labute approximate surface area is 112 Å². The van der Waals surface area contributed by atoms with E-state index in [0.717, 1.165) is 25.9 Å². The maximum Gasteiger partial charge on any atom is 0.231 e. The minimum atomic E-state index is 0.199. The zero-order valence-electron chi connectivity index (χ0n) is 10.8. The molecular weight excluding hydrogens is 246 g/mol. The summed E-state index contributed by atoms with van der Waals surface area (Å²) in [4.78, 5) is 13.4. The van der Waals surface area contributed by atoms with Gasteiger partial charge in [-0.1, -0.05) is 0 Å². The zero-order valence-corrected chi connectivity index (χ0v) is 10.8. The first-order valence-electron chi connectivity index (χ1n) is 6.61. The van der Waals surface area contributed by atoms with E-state index in [0.29, 0.717) is 29.4 Å². The molecule has 1 aromatic rings. The number of likely N-dealkylation sites (tertiary alicyclic amines) is 1. The van der Waals surface area contributed by atoms with Crippen molar-refractivity contribution in [3.05, 3.63) is 17.7 Å². The van der Waals surface area contributed by atoms with E-state index in [1.165, 1.54) is 12.8 Å². The maximum absolute atomic E-state index is 11.1. The summed E-state index contributed by atoms with van der Waals surface area (Å²) in [5, 5.41) is 0. The van der Waals surface area contributed by atoms with Gasteiger partial charge < -0.3 is 14.2 Å². The smallest absolute Gasteiger partial charge is 0.231 e. The van der Waals surface area contributed by atoms with Gasteiger partial charge in [0.1, 0.15) is 12.4 Å². The second-order valence-corrected chi connectivity index (χ2v) is 4.76. The van der Waals surface area contributed by atoms with E-state index in [4.69, 9.17) is 14.2 Å². The van der Waals surface area contributed by atoms with Gasteiger partial charge >= 0.3 is 0 Å². The summed E-state index contributed by atoms with van der Waals surface area (Å²) in [6, 6.07) is 3.40. The van der Waals surface area contributed by atoms with Crippen molar-refractivity contribution in [2.24, 2.45) is 0 Å². The van der Waals surface area contributed by atoms with E-state index in [1.807, 2.05) is 0 Å². The van der Waals surface area contributed by atoms with Gasteiger partial charge in [0.2, 0.25) is 6.79 Å². The quantitative estimate of drug-likeness (QED) is 0.757. The SMILES string of the molecule is O=Cc1cc2c(cc1OCCN1CCCC1)OCO2. The summed E-state index contributed by atoms with van der Waals surface area (Å²) in [5.74, 6) is 1.81. The summed E-state index contributed by atoms with van der Waals surface area (Å²) in [7, 11) is 0. The van der Waals surface area contributed by atoms with Crippen molar-refractivity contribution in [3.8, 4) is 17.2 Å². The van der Waals surface area contributed by atoms with Crippen molar-refractivity contribution in [3.63, 3.8) is 0 Å². The van der Waals surface area contributed by atoms with Crippen LogP contribution in [0.3, 0.4) is 0 Å². The van der Waals surface area contributed by atoms with Crippen molar-refractivity contribution in [2.45, 2.75) is 12.8 Å². The molecule has 0 unspecified atom stereocenters. The Morgan fingerprint density at radius 3 is 2.68 bits per heavy atom. The van der Waals surface area contributed by atoms with Crippen LogP contribution < -0.4 is 14.2 Å². The third-order valence-electron chi connectivity index (χ3n) is 3.50. The fourth-order valence-electron chi connectivity index (χ4n) is 2.45. The number of benzene rings is 1. The van der Waals surface area contributed by atoms with E-state index in [2.05, 4.69) is 4.90 Å². The average Bonchev–Trinajstić information content (AvgIpc) is 3.08. The number of ether oxygens (including phenoxy) is 3. The molecule has 102 valence electrons. The fourth-order valence-corrected chi connectivity index (χ4v) is 2.45. The van der Waals surface area contributed by atoms with Crippen LogP contribution in [0.2, 0.25) is 0 Å². The standard InChI is InChI=1S/C14H17NO4/c16-9-11-7-13-14(19-10-18-13)8-12(11)17-6-5-15-3-1-2-4-15/h7-9H,1-6,10H2. The van der Waals surface area contributed by atoms with Gasteiger partial charge in [-0.05, 0) is 32.0 Å². The topological polar surface area (TPSA) is 48.0 Å². The number of fused-ring (bicyclic) bond motifs is 1. The van der Waals surface area contributed by atoms with Gasteiger partial charge in [0, 0.05) is 12.6 Å². The maximum atomic E-state index is 11.1. The molecule has 0 aliphatic carbocycles. The number of aldehydes is 1. The largest absolute Gasteiger partial charge is 0.491 e. The van der Waals surface area contributed by atoms with Crippen LogP contribution in [0, 0.1) is 0 Å². The monoisotopic (exact) mass is 263 g/mol. The van der Waals surface area contributed by atoms with Gasteiger partial charge in [-0.3, -0.25) is 9.69 Å². The van der Waals surface area contributed by atoms with Crippen LogP contribution in [0.5, 0.6) is 17.2 Å². The normalized spacial score (nSPS) is 17.7. The van der Waals surface area contributed by atoms with E-state index in [9.17, 15) is 4.79 Å². The minimum absolute atomic E-state index is 0.199. The van der Waals surface area contributed by atoms with E-state index < -0.39 is 0 Å². The summed E-state index contributed by atoms with van der Waals surface area (Å²) < 4.78 is 16.2. The van der Waals surface area contributed by atoms with E-state index >= 15 is 0 Å². The molecule has 2 heterocycles. The third-order valence-corrected chi connectivity index (χ3v) is 3.50. The lowest BCUT2D eigenvalue weighted by molar-refractivity contribution is 0.111. The number of hydrogen-bond donors (Lipinski definition) is 0. The summed E-state index contributed by atoms with van der Waals surface area (Å²) >= 11 is 0. The zero-order chi connectivity index (χ0) is 13.1. The van der Waals surface area contributed by atoms with Gasteiger partial charge in [0.25, 0.3) is 0 Å². The van der Waals surface area contributed by atoms with E-state index in [-0.39, 0.29) is 6.79 Å². The predicted octanol–water partition coefficient (Wildman–Crippen LogP) is 1.70. The lowest BCUT2D eigenvalue weighted by atomic mass is 10.2. The first-order chi connectivity index (χ1) is 9.36. The van der Waals surface area contributed by atoms with Crippen molar-refractivity contribution >= 4 is 6.29 Å². The van der Waals surface area contributed by atoms with Gasteiger partial charge in [-0.15, -0.1) is 0 Å². The Balaban J connectivity index is 1.64. The van der Waals surface area contributed by atoms with Crippen molar-refractivity contribution < 1.29 is 19.0 Å². The van der Waals surface area contributed by atoms with Gasteiger partial charge in [-0.2, -0.15) is 0 Å². The molecule has 0 spiro atoms. The Hall–Kier alpha value is -1.75. The van der Waals surface area contributed by atoms with Crippen LogP contribution >= 0.6 is 0 Å². The van der Waals surface area contributed by atoms with Crippen LogP contribution in [0.1, 0.15) is 23.2 Å². The minimum Gasteiger partial charge on any atom is -0.491 e. The molecule has 2 aliphatic rings. The number of carbonyl (C=O) groups excluding carboxylic acids is 1. The molecule has 0 amide bonds. The Kier molecular flexibility index (Phi) is 3.55. The van der Waals surface area contributed by atoms with Crippen LogP contribution in [0.25, 0.3) is 0 Å². The van der Waals surface area contributed by atoms with Gasteiger partial charge in [0.05, 0.1) is 5.56 Å². The molecule has 2 aliphatic heterocycles. The molecule has 19 heavy (non-hydrogen) atoms. The van der Waals surface area contributed by atoms with E-state index in [1.54, 1.807) is 12.1 Å². The molecule has 1 aromatic carbocycles. The van der Waals surface area contributed by atoms with Gasteiger partial charge in [-0.25, -0.2) is 0 Å². The number of rotatable bonds is 5. The Morgan fingerprint density at radius 1 is 1.21 bits per heavy atom. The molecule has 1 fully saturated rings. The molecule has 0 aromatic heterocycles. The molecule has 0 radical (unpaired) electrons. The summed E-state index contributed by atoms with van der Waals surface area (Å²) in [6.45, 7) is 3.97. The molecule has 5 heteroatoms. The highest BCUT2D eigenvalue weighted by Gasteiger charge is 2.18.